The molecule has 32 heavy (non-hydrogen) atoms. The van der Waals surface area contributed by atoms with Gasteiger partial charge in [-0.05, 0) is 42.4 Å². The molecule has 2 N–H and O–H groups in total. The van der Waals surface area contributed by atoms with Crippen LogP contribution in [0.1, 0.15) is 71.8 Å². The zero-order valence-electron chi connectivity index (χ0n) is 19.9. The van der Waals surface area contributed by atoms with Crippen LogP contribution in [-0.2, 0) is 25.0 Å². The lowest BCUT2D eigenvalue weighted by molar-refractivity contribution is -0.135. The smallest absolute Gasteiger partial charge is 0.240 e. The van der Waals surface area contributed by atoms with Crippen molar-refractivity contribution in [1.29, 1.82) is 0 Å². The van der Waals surface area contributed by atoms with E-state index in [1.165, 1.54) is 0 Å². The predicted octanol–water partition coefficient (Wildman–Crippen LogP) is 3.20. The highest BCUT2D eigenvalue weighted by molar-refractivity contribution is 7.89. The highest BCUT2D eigenvalue weighted by atomic mass is 32.2. The Morgan fingerprint density at radius 1 is 1.03 bits per heavy atom. The Balaban J connectivity index is 1.74. The minimum atomic E-state index is -3.66. The average Bonchev–Trinajstić information content (AvgIpc) is 2.76. The van der Waals surface area contributed by atoms with E-state index in [2.05, 4.69) is 37.7 Å². The highest BCUT2D eigenvalue weighted by Crippen LogP contribution is 2.23. The number of unbranched alkanes of at least 4 members (excludes halogenated alkanes) is 2. The summed E-state index contributed by atoms with van der Waals surface area (Å²) in [6.07, 6.45) is 4.63. The summed E-state index contributed by atoms with van der Waals surface area (Å²) in [5, 5.41) is 2.99. The summed E-state index contributed by atoms with van der Waals surface area (Å²) in [5.41, 5.74) is 1.01. The number of carbonyl (C=O) groups excluding carboxylic acids is 2. The normalized spacial score (nSPS) is 15.6. The topological polar surface area (TPSA) is 95.6 Å². The molecule has 1 fully saturated rings. The van der Waals surface area contributed by atoms with E-state index in [1.807, 2.05) is 12.1 Å². The number of rotatable bonds is 10. The van der Waals surface area contributed by atoms with Crippen LogP contribution in [0.15, 0.2) is 29.2 Å². The van der Waals surface area contributed by atoms with Crippen LogP contribution in [0.2, 0.25) is 0 Å². The SMILES string of the molecule is CCCCCNC(=O)C1CCN(C(=O)CCNS(=O)(=O)c2ccc(C(C)(C)C)cc2)CC1. The number of carbonyl (C=O) groups is 2. The first-order chi connectivity index (χ1) is 15.0. The highest BCUT2D eigenvalue weighted by Gasteiger charge is 2.27. The Labute approximate surface area is 193 Å². The number of nitrogens with one attached hydrogen (secondary N) is 2. The molecule has 0 aromatic heterocycles. The molecule has 1 aliphatic heterocycles. The number of likely N-dealkylation sites (tertiary alicyclic amines) is 1. The molecule has 0 unspecified atom stereocenters. The summed E-state index contributed by atoms with van der Waals surface area (Å²) in [6, 6.07) is 6.85. The standard InChI is InChI=1S/C24H39N3O4S/c1-5-6-7-15-25-23(29)19-13-17-27(18-14-19)22(28)12-16-26-32(30,31)21-10-8-20(9-11-21)24(2,3)4/h8-11,19,26H,5-7,12-18H2,1-4H3,(H,25,29). The van der Waals surface area contributed by atoms with Gasteiger partial charge in [0.25, 0.3) is 0 Å². The third-order valence-electron chi connectivity index (χ3n) is 5.96. The van der Waals surface area contributed by atoms with Crippen molar-refractivity contribution in [2.24, 2.45) is 5.92 Å². The van der Waals surface area contributed by atoms with Crippen molar-refractivity contribution in [3.05, 3.63) is 29.8 Å². The summed E-state index contributed by atoms with van der Waals surface area (Å²) >= 11 is 0. The quantitative estimate of drug-likeness (QED) is 0.519. The van der Waals surface area contributed by atoms with Gasteiger partial charge in [-0.2, -0.15) is 0 Å². The van der Waals surface area contributed by atoms with Crippen molar-refractivity contribution in [2.75, 3.05) is 26.2 Å². The number of benzene rings is 1. The Morgan fingerprint density at radius 3 is 2.22 bits per heavy atom. The van der Waals surface area contributed by atoms with E-state index >= 15 is 0 Å². The average molecular weight is 466 g/mol. The molecule has 0 bridgehead atoms. The van der Waals surface area contributed by atoms with Gasteiger partial charge in [0, 0.05) is 38.5 Å². The first-order valence-corrected chi connectivity index (χ1v) is 13.2. The Bertz CT molecular complexity index is 852. The van der Waals surface area contributed by atoms with Crippen molar-refractivity contribution in [1.82, 2.24) is 14.9 Å². The van der Waals surface area contributed by atoms with Gasteiger partial charge in [0.1, 0.15) is 0 Å². The van der Waals surface area contributed by atoms with Crippen LogP contribution < -0.4 is 10.0 Å². The molecule has 0 aliphatic carbocycles. The molecule has 1 aliphatic rings. The van der Waals surface area contributed by atoms with E-state index in [-0.39, 0.29) is 41.0 Å². The second kappa shape index (κ2) is 11.8. The van der Waals surface area contributed by atoms with Gasteiger partial charge >= 0.3 is 0 Å². The van der Waals surface area contributed by atoms with Crippen molar-refractivity contribution >= 4 is 21.8 Å². The molecule has 0 radical (unpaired) electrons. The van der Waals surface area contributed by atoms with E-state index in [1.54, 1.807) is 17.0 Å². The summed E-state index contributed by atoms with van der Waals surface area (Å²) in [7, 11) is -3.66. The molecule has 0 saturated carbocycles. The number of nitrogens with zero attached hydrogens (tertiary/aromatic N) is 1. The van der Waals surface area contributed by atoms with E-state index in [0.717, 1.165) is 24.8 Å². The summed E-state index contributed by atoms with van der Waals surface area (Å²) in [4.78, 5) is 26.7. The van der Waals surface area contributed by atoms with E-state index in [9.17, 15) is 18.0 Å². The van der Waals surface area contributed by atoms with Gasteiger partial charge in [0.05, 0.1) is 4.90 Å². The summed E-state index contributed by atoms with van der Waals surface area (Å²) in [6.45, 7) is 10.2. The van der Waals surface area contributed by atoms with Gasteiger partial charge in [-0.15, -0.1) is 0 Å². The molecule has 2 amide bonds. The molecule has 2 rings (SSSR count). The Hall–Kier alpha value is -1.93. The molecule has 0 spiro atoms. The molecular weight excluding hydrogens is 426 g/mol. The van der Waals surface area contributed by atoms with Crippen LogP contribution in [0.4, 0.5) is 0 Å². The summed E-state index contributed by atoms with van der Waals surface area (Å²) in [5.74, 6) is -0.0497. The van der Waals surface area contributed by atoms with E-state index in [4.69, 9.17) is 0 Å². The monoisotopic (exact) mass is 465 g/mol. The zero-order valence-corrected chi connectivity index (χ0v) is 20.8. The lowest BCUT2D eigenvalue weighted by Gasteiger charge is -2.31. The molecule has 1 aromatic carbocycles. The largest absolute Gasteiger partial charge is 0.356 e. The van der Waals surface area contributed by atoms with Crippen LogP contribution in [0.25, 0.3) is 0 Å². The molecule has 7 nitrogen and oxygen atoms in total. The van der Waals surface area contributed by atoms with E-state index < -0.39 is 10.0 Å². The van der Waals surface area contributed by atoms with Gasteiger partial charge in [-0.3, -0.25) is 9.59 Å². The Kier molecular flexibility index (Phi) is 9.70. The fourth-order valence-electron chi connectivity index (χ4n) is 3.79. The fraction of sp³-hybridized carbons (Fsp3) is 0.667. The van der Waals surface area contributed by atoms with Crippen molar-refractivity contribution in [2.45, 2.75) is 76.5 Å². The van der Waals surface area contributed by atoms with Crippen LogP contribution in [-0.4, -0.2) is 51.3 Å². The molecule has 1 aromatic rings. The maximum absolute atomic E-state index is 12.5. The lowest BCUT2D eigenvalue weighted by atomic mass is 9.87. The third-order valence-corrected chi connectivity index (χ3v) is 7.44. The number of piperidine rings is 1. The minimum absolute atomic E-state index is 0.0461. The maximum Gasteiger partial charge on any atom is 0.240 e. The number of hydrogen-bond acceptors (Lipinski definition) is 4. The zero-order chi connectivity index (χ0) is 23.8. The molecule has 1 saturated heterocycles. The van der Waals surface area contributed by atoms with Crippen LogP contribution in [0.5, 0.6) is 0 Å². The van der Waals surface area contributed by atoms with Gasteiger partial charge in [0.2, 0.25) is 21.8 Å². The van der Waals surface area contributed by atoms with Crippen LogP contribution in [0, 0.1) is 5.92 Å². The van der Waals surface area contributed by atoms with Gasteiger partial charge < -0.3 is 10.2 Å². The van der Waals surface area contributed by atoms with Crippen LogP contribution in [0.3, 0.4) is 0 Å². The van der Waals surface area contributed by atoms with Crippen molar-refractivity contribution in [3.8, 4) is 0 Å². The fourth-order valence-corrected chi connectivity index (χ4v) is 4.82. The van der Waals surface area contributed by atoms with Gasteiger partial charge in [0.15, 0.2) is 0 Å². The molecule has 180 valence electrons. The van der Waals surface area contributed by atoms with Gasteiger partial charge in [-0.25, -0.2) is 13.1 Å². The first kappa shape index (κ1) is 26.3. The molecular formula is C24H39N3O4S. The molecule has 0 atom stereocenters. The van der Waals surface area contributed by atoms with Gasteiger partial charge in [-0.1, -0.05) is 52.7 Å². The number of sulfonamides is 1. The van der Waals surface area contributed by atoms with Crippen LogP contribution >= 0.6 is 0 Å². The third kappa shape index (κ3) is 7.89. The molecule has 1 heterocycles. The van der Waals surface area contributed by atoms with Crippen molar-refractivity contribution < 1.29 is 18.0 Å². The van der Waals surface area contributed by atoms with E-state index in [0.29, 0.717) is 32.5 Å². The Morgan fingerprint density at radius 2 is 1.66 bits per heavy atom. The first-order valence-electron chi connectivity index (χ1n) is 11.7. The lowest BCUT2D eigenvalue weighted by Crippen LogP contribution is -2.44. The minimum Gasteiger partial charge on any atom is -0.356 e. The molecule has 8 heteroatoms. The second-order valence-corrected chi connectivity index (χ2v) is 11.3. The predicted molar refractivity (Wildman–Crippen MR) is 127 cm³/mol. The van der Waals surface area contributed by atoms with Crippen molar-refractivity contribution in [3.63, 3.8) is 0 Å². The maximum atomic E-state index is 12.5. The number of amides is 2. The second-order valence-electron chi connectivity index (χ2n) is 9.58. The number of hydrogen-bond donors (Lipinski definition) is 2. The summed E-state index contributed by atoms with van der Waals surface area (Å²) < 4.78 is 27.6.